The quantitative estimate of drug-likeness (QED) is 0.854. The number of thiophene rings is 2. The Bertz CT molecular complexity index is 617. The van der Waals surface area contributed by atoms with Crippen molar-refractivity contribution in [2.45, 2.75) is 38.3 Å². The fourth-order valence-corrected chi connectivity index (χ4v) is 4.69. The zero-order chi connectivity index (χ0) is 14.7. The summed E-state index contributed by atoms with van der Waals surface area (Å²) in [5.74, 6) is -0.174. The molecule has 2 heterocycles. The van der Waals surface area contributed by atoms with E-state index in [2.05, 4.69) is 22.8 Å². The van der Waals surface area contributed by atoms with Crippen molar-refractivity contribution < 1.29 is 9.53 Å². The second kappa shape index (κ2) is 6.73. The van der Waals surface area contributed by atoms with Gasteiger partial charge in [-0.05, 0) is 48.4 Å². The molecule has 0 spiro atoms. The van der Waals surface area contributed by atoms with Gasteiger partial charge in [0, 0.05) is 27.2 Å². The van der Waals surface area contributed by atoms with Gasteiger partial charge in [0.1, 0.15) is 0 Å². The average molecular weight is 321 g/mol. The lowest BCUT2D eigenvalue weighted by atomic mass is 9.94. The minimum atomic E-state index is -0.174. The highest BCUT2D eigenvalue weighted by molar-refractivity contribution is 7.12. The standard InChI is InChI=1S/C16H19NO2S2/c1-19-16(18)9-11-5-6-12(21-11)10-17-14-3-2-4-15-13(14)7-8-20-15/h5-8,14,17H,2-4,9-10H2,1H3. The minimum absolute atomic E-state index is 0.174. The van der Waals surface area contributed by atoms with E-state index in [1.54, 1.807) is 11.3 Å². The summed E-state index contributed by atoms with van der Waals surface area (Å²) in [5.41, 5.74) is 1.48. The van der Waals surface area contributed by atoms with Gasteiger partial charge in [0.25, 0.3) is 0 Å². The normalized spacial score (nSPS) is 17.5. The number of hydrogen-bond acceptors (Lipinski definition) is 5. The van der Waals surface area contributed by atoms with Crippen LogP contribution in [0.3, 0.4) is 0 Å². The summed E-state index contributed by atoms with van der Waals surface area (Å²) in [5, 5.41) is 5.86. The van der Waals surface area contributed by atoms with E-state index in [-0.39, 0.29) is 5.97 Å². The molecular formula is C16H19NO2S2. The Kier molecular flexibility index (Phi) is 4.73. The van der Waals surface area contributed by atoms with Crippen molar-refractivity contribution in [1.29, 1.82) is 0 Å². The number of aryl methyl sites for hydroxylation is 1. The van der Waals surface area contributed by atoms with E-state index in [1.807, 2.05) is 17.4 Å². The minimum Gasteiger partial charge on any atom is -0.469 e. The van der Waals surface area contributed by atoms with Crippen molar-refractivity contribution in [1.82, 2.24) is 5.32 Å². The molecule has 2 aromatic rings. The molecule has 112 valence electrons. The molecule has 1 aliphatic rings. The van der Waals surface area contributed by atoms with Crippen LogP contribution in [0.15, 0.2) is 23.6 Å². The maximum absolute atomic E-state index is 11.3. The molecule has 21 heavy (non-hydrogen) atoms. The maximum Gasteiger partial charge on any atom is 0.310 e. The lowest BCUT2D eigenvalue weighted by molar-refractivity contribution is -0.139. The second-order valence-corrected chi connectivity index (χ2v) is 7.50. The van der Waals surface area contributed by atoms with E-state index in [0.29, 0.717) is 12.5 Å². The van der Waals surface area contributed by atoms with Crippen molar-refractivity contribution in [3.63, 3.8) is 0 Å². The van der Waals surface area contributed by atoms with Crippen molar-refractivity contribution >= 4 is 28.6 Å². The molecule has 5 heteroatoms. The third-order valence-corrected chi connectivity index (χ3v) is 5.92. The molecule has 0 aliphatic heterocycles. The van der Waals surface area contributed by atoms with Gasteiger partial charge in [0.15, 0.2) is 0 Å². The van der Waals surface area contributed by atoms with E-state index in [0.717, 1.165) is 11.4 Å². The summed E-state index contributed by atoms with van der Waals surface area (Å²) < 4.78 is 4.70. The smallest absolute Gasteiger partial charge is 0.310 e. The molecule has 1 aliphatic carbocycles. The van der Waals surface area contributed by atoms with Gasteiger partial charge < -0.3 is 10.1 Å². The van der Waals surface area contributed by atoms with Crippen molar-refractivity contribution in [2.24, 2.45) is 0 Å². The Balaban J connectivity index is 1.58. The molecule has 0 saturated heterocycles. The molecule has 1 atom stereocenters. The molecule has 0 bridgehead atoms. The van der Waals surface area contributed by atoms with Gasteiger partial charge >= 0.3 is 5.97 Å². The molecule has 2 aromatic heterocycles. The van der Waals surface area contributed by atoms with Crippen LogP contribution in [0.4, 0.5) is 0 Å². The number of carbonyl (C=O) groups excluding carboxylic acids is 1. The molecule has 3 rings (SSSR count). The van der Waals surface area contributed by atoms with E-state index in [4.69, 9.17) is 4.74 Å². The number of hydrogen-bond donors (Lipinski definition) is 1. The Labute approximate surface area is 133 Å². The van der Waals surface area contributed by atoms with Crippen LogP contribution >= 0.6 is 22.7 Å². The first-order chi connectivity index (χ1) is 10.3. The third-order valence-electron chi connectivity index (χ3n) is 3.84. The van der Waals surface area contributed by atoms with Gasteiger partial charge in [-0.1, -0.05) is 0 Å². The van der Waals surface area contributed by atoms with Crippen LogP contribution in [-0.4, -0.2) is 13.1 Å². The fourth-order valence-electron chi connectivity index (χ4n) is 2.75. The van der Waals surface area contributed by atoms with E-state index in [1.165, 1.54) is 41.7 Å². The molecule has 0 saturated carbocycles. The van der Waals surface area contributed by atoms with Crippen molar-refractivity contribution in [3.8, 4) is 0 Å². The molecule has 0 radical (unpaired) electrons. The highest BCUT2D eigenvalue weighted by Gasteiger charge is 2.20. The maximum atomic E-state index is 11.3. The Morgan fingerprint density at radius 1 is 1.38 bits per heavy atom. The van der Waals surface area contributed by atoms with Gasteiger partial charge in [-0.2, -0.15) is 0 Å². The molecule has 0 fully saturated rings. The number of fused-ring (bicyclic) bond motifs is 1. The Hall–Kier alpha value is -1.17. The second-order valence-electron chi connectivity index (χ2n) is 5.25. The van der Waals surface area contributed by atoms with Crippen LogP contribution in [0, 0.1) is 0 Å². The number of esters is 1. The molecule has 0 aromatic carbocycles. The van der Waals surface area contributed by atoms with Crippen LogP contribution in [-0.2, 0) is 28.9 Å². The Morgan fingerprint density at radius 3 is 3.10 bits per heavy atom. The molecule has 1 unspecified atom stereocenters. The summed E-state index contributed by atoms with van der Waals surface area (Å²) in [4.78, 5) is 15.2. The predicted octanol–water partition coefficient (Wildman–Crippen LogP) is 3.69. The Morgan fingerprint density at radius 2 is 2.24 bits per heavy atom. The summed E-state index contributed by atoms with van der Waals surface area (Å²) in [7, 11) is 1.43. The number of ether oxygens (including phenoxy) is 1. The average Bonchev–Trinajstić information content (AvgIpc) is 3.13. The third kappa shape index (κ3) is 3.54. The summed E-state index contributed by atoms with van der Waals surface area (Å²) in [6, 6.07) is 6.86. The molecule has 3 nitrogen and oxygen atoms in total. The number of rotatable bonds is 5. The number of carbonyl (C=O) groups is 1. The zero-order valence-corrected chi connectivity index (χ0v) is 13.7. The molecule has 0 amide bonds. The first kappa shape index (κ1) is 14.8. The van der Waals surface area contributed by atoms with Crippen LogP contribution in [0.25, 0.3) is 0 Å². The van der Waals surface area contributed by atoms with Gasteiger partial charge in [-0.15, -0.1) is 22.7 Å². The van der Waals surface area contributed by atoms with Gasteiger partial charge in [-0.3, -0.25) is 4.79 Å². The highest BCUT2D eigenvalue weighted by Crippen LogP contribution is 2.33. The lowest BCUT2D eigenvalue weighted by Gasteiger charge is -2.23. The number of methoxy groups -OCH3 is 1. The van der Waals surface area contributed by atoms with Gasteiger partial charge in [0.05, 0.1) is 13.5 Å². The fraction of sp³-hybridized carbons (Fsp3) is 0.438. The topological polar surface area (TPSA) is 38.3 Å². The first-order valence-electron chi connectivity index (χ1n) is 7.20. The summed E-state index contributed by atoms with van der Waals surface area (Å²) in [6.07, 6.45) is 4.08. The van der Waals surface area contributed by atoms with Crippen LogP contribution in [0.5, 0.6) is 0 Å². The van der Waals surface area contributed by atoms with E-state index in [9.17, 15) is 4.79 Å². The van der Waals surface area contributed by atoms with Crippen LogP contribution in [0.1, 0.15) is 39.1 Å². The first-order valence-corrected chi connectivity index (χ1v) is 8.90. The number of nitrogens with one attached hydrogen (secondary N) is 1. The molecule has 1 N–H and O–H groups in total. The zero-order valence-electron chi connectivity index (χ0n) is 12.1. The predicted molar refractivity (Wildman–Crippen MR) is 86.9 cm³/mol. The lowest BCUT2D eigenvalue weighted by Crippen LogP contribution is -2.23. The van der Waals surface area contributed by atoms with Gasteiger partial charge in [-0.25, -0.2) is 0 Å². The van der Waals surface area contributed by atoms with Crippen LogP contribution in [0.2, 0.25) is 0 Å². The molecular weight excluding hydrogens is 302 g/mol. The van der Waals surface area contributed by atoms with Crippen molar-refractivity contribution in [3.05, 3.63) is 43.8 Å². The SMILES string of the molecule is COC(=O)Cc1ccc(CNC2CCCc3sccc32)s1. The monoisotopic (exact) mass is 321 g/mol. The summed E-state index contributed by atoms with van der Waals surface area (Å²) in [6.45, 7) is 0.867. The van der Waals surface area contributed by atoms with Crippen LogP contribution < -0.4 is 5.32 Å². The van der Waals surface area contributed by atoms with Crippen molar-refractivity contribution in [2.75, 3.05) is 7.11 Å². The van der Waals surface area contributed by atoms with E-state index < -0.39 is 0 Å². The van der Waals surface area contributed by atoms with E-state index >= 15 is 0 Å². The highest BCUT2D eigenvalue weighted by atomic mass is 32.1. The largest absolute Gasteiger partial charge is 0.469 e. The van der Waals surface area contributed by atoms with Gasteiger partial charge in [0.2, 0.25) is 0 Å². The summed E-state index contributed by atoms with van der Waals surface area (Å²) >= 11 is 3.56.